The quantitative estimate of drug-likeness (QED) is 0.873. The lowest BCUT2D eigenvalue weighted by atomic mass is 10.1. The first kappa shape index (κ1) is 15.3. The Morgan fingerprint density at radius 1 is 1.33 bits per heavy atom. The molecule has 1 aromatic rings. The second-order valence-electron chi connectivity index (χ2n) is 4.14. The number of carbonyl (C=O) groups excluding carboxylic acids is 1. The number of nitrogens with one attached hydrogen (secondary N) is 1. The number of benzene rings is 1. The van der Waals surface area contributed by atoms with Crippen LogP contribution in [-0.2, 0) is 9.05 Å². The summed E-state index contributed by atoms with van der Waals surface area (Å²) < 4.78 is 22.5. The number of hydrogen-bond acceptors (Lipinski definition) is 3. The molecule has 0 aliphatic heterocycles. The average Bonchev–Trinajstić information content (AvgIpc) is 2.18. The standard InChI is InChI=1S/C11H13Cl2NO3S/c1-6(2)14-11(15)9-4-8(18(13,16)17)5-10(12)7(9)3/h4-6H,1-3H3,(H,14,15). The normalized spacial score (nSPS) is 11.7. The lowest BCUT2D eigenvalue weighted by Gasteiger charge is -2.12. The zero-order valence-electron chi connectivity index (χ0n) is 10.1. The molecule has 1 rings (SSSR count). The van der Waals surface area contributed by atoms with Gasteiger partial charge in [0, 0.05) is 27.3 Å². The first-order valence-corrected chi connectivity index (χ1v) is 7.87. The molecule has 100 valence electrons. The highest BCUT2D eigenvalue weighted by atomic mass is 35.7. The van der Waals surface area contributed by atoms with Gasteiger partial charge in [-0.1, -0.05) is 11.6 Å². The largest absolute Gasteiger partial charge is 0.350 e. The van der Waals surface area contributed by atoms with E-state index in [2.05, 4.69) is 5.32 Å². The van der Waals surface area contributed by atoms with Gasteiger partial charge in [0.25, 0.3) is 15.0 Å². The molecule has 1 N–H and O–H groups in total. The fourth-order valence-electron chi connectivity index (χ4n) is 1.37. The summed E-state index contributed by atoms with van der Waals surface area (Å²) in [7, 11) is 1.33. The van der Waals surface area contributed by atoms with Gasteiger partial charge in [-0.05, 0) is 38.5 Å². The highest BCUT2D eigenvalue weighted by Crippen LogP contribution is 2.26. The number of halogens is 2. The zero-order valence-corrected chi connectivity index (χ0v) is 12.4. The summed E-state index contributed by atoms with van der Waals surface area (Å²) in [4.78, 5) is 11.7. The van der Waals surface area contributed by atoms with Crippen molar-refractivity contribution in [2.45, 2.75) is 31.7 Å². The number of carbonyl (C=O) groups is 1. The molecule has 0 aliphatic rings. The minimum atomic E-state index is -3.92. The fraction of sp³-hybridized carbons (Fsp3) is 0.364. The van der Waals surface area contributed by atoms with Gasteiger partial charge in [0.05, 0.1) is 4.90 Å². The molecule has 0 atom stereocenters. The summed E-state index contributed by atoms with van der Waals surface area (Å²) in [5, 5.41) is 2.86. The van der Waals surface area contributed by atoms with Gasteiger partial charge in [-0.3, -0.25) is 4.79 Å². The summed E-state index contributed by atoms with van der Waals surface area (Å²) in [6.45, 7) is 5.25. The van der Waals surface area contributed by atoms with Crippen molar-refractivity contribution in [2.24, 2.45) is 0 Å². The van der Waals surface area contributed by atoms with E-state index in [1.165, 1.54) is 12.1 Å². The molecule has 0 spiro atoms. The van der Waals surface area contributed by atoms with E-state index < -0.39 is 9.05 Å². The molecule has 0 aliphatic carbocycles. The van der Waals surface area contributed by atoms with Crippen LogP contribution in [-0.4, -0.2) is 20.4 Å². The van der Waals surface area contributed by atoms with Crippen LogP contribution < -0.4 is 5.32 Å². The van der Waals surface area contributed by atoms with E-state index in [4.69, 9.17) is 22.3 Å². The van der Waals surface area contributed by atoms with Gasteiger partial charge in [0.1, 0.15) is 0 Å². The summed E-state index contributed by atoms with van der Waals surface area (Å²) in [5.74, 6) is -0.383. The van der Waals surface area contributed by atoms with Crippen LogP contribution in [0.3, 0.4) is 0 Å². The average molecular weight is 310 g/mol. The third kappa shape index (κ3) is 3.60. The first-order valence-electron chi connectivity index (χ1n) is 5.18. The Labute approximate surface area is 116 Å². The summed E-state index contributed by atoms with van der Waals surface area (Å²) >= 11 is 5.90. The molecule has 0 bridgehead atoms. The molecule has 0 radical (unpaired) electrons. The predicted molar refractivity (Wildman–Crippen MR) is 71.8 cm³/mol. The minimum absolute atomic E-state index is 0.0630. The van der Waals surface area contributed by atoms with Gasteiger partial charge < -0.3 is 5.32 Å². The zero-order chi connectivity index (χ0) is 14.1. The molecule has 7 heteroatoms. The molecule has 4 nitrogen and oxygen atoms in total. The van der Waals surface area contributed by atoms with Crippen molar-refractivity contribution in [3.8, 4) is 0 Å². The van der Waals surface area contributed by atoms with Crippen LogP contribution in [0, 0.1) is 6.92 Å². The van der Waals surface area contributed by atoms with E-state index in [0.29, 0.717) is 5.56 Å². The molecule has 0 aromatic heterocycles. The van der Waals surface area contributed by atoms with Crippen molar-refractivity contribution in [1.82, 2.24) is 5.32 Å². The molecule has 0 saturated carbocycles. The Morgan fingerprint density at radius 3 is 2.33 bits per heavy atom. The molecule has 0 heterocycles. The molecule has 1 aromatic carbocycles. The summed E-state index contributed by atoms with van der Waals surface area (Å²) in [5.41, 5.74) is 0.717. The van der Waals surface area contributed by atoms with E-state index in [0.717, 1.165) is 0 Å². The van der Waals surface area contributed by atoms with Crippen LogP contribution in [0.4, 0.5) is 0 Å². The lowest BCUT2D eigenvalue weighted by molar-refractivity contribution is 0.0942. The molecule has 0 fully saturated rings. The van der Waals surface area contributed by atoms with Gasteiger partial charge >= 0.3 is 0 Å². The molecule has 1 amide bonds. The molecular formula is C11H13Cl2NO3S. The molecular weight excluding hydrogens is 297 g/mol. The van der Waals surface area contributed by atoms with E-state index in [9.17, 15) is 13.2 Å². The van der Waals surface area contributed by atoms with Gasteiger partial charge in [0.2, 0.25) is 0 Å². The van der Waals surface area contributed by atoms with E-state index >= 15 is 0 Å². The number of hydrogen-bond donors (Lipinski definition) is 1. The monoisotopic (exact) mass is 309 g/mol. The third-order valence-electron chi connectivity index (χ3n) is 2.26. The van der Waals surface area contributed by atoms with Gasteiger partial charge in [-0.25, -0.2) is 8.42 Å². The van der Waals surface area contributed by atoms with Gasteiger partial charge in [-0.15, -0.1) is 0 Å². The SMILES string of the molecule is Cc1c(Cl)cc(S(=O)(=O)Cl)cc1C(=O)NC(C)C. The van der Waals surface area contributed by atoms with Crippen LogP contribution >= 0.6 is 22.3 Å². The highest BCUT2D eigenvalue weighted by molar-refractivity contribution is 8.13. The Morgan fingerprint density at radius 2 is 1.89 bits per heavy atom. The Kier molecular flexibility index (Phi) is 4.64. The minimum Gasteiger partial charge on any atom is -0.350 e. The Balaban J connectivity index is 3.36. The fourth-order valence-corrected chi connectivity index (χ4v) is 2.44. The third-order valence-corrected chi connectivity index (χ3v) is 3.99. The predicted octanol–water partition coefficient (Wildman–Crippen LogP) is 2.71. The van der Waals surface area contributed by atoms with Gasteiger partial charge in [0.15, 0.2) is 0 Å². The topological polar surface area (TPSA) is 63.2 Å². The molecule has 0 unspecified atom stereocenters. The second-order valence-corrected chi connectivity index (χ2v) is 7.12. The van der Waals surface area contributed by atoms with E-state index in [-0.39, 0.29) is 27.4 Å². The van der Waals surface area contributed by atoms with Crippen molar-refractivity contribution in [3.63, 3.8) is 0 Å². The Hall–Kier alpha value is -0.780. The lowest BCUT2D eigenvalue weighted by Crippen LogP contribution is -2.30. The van der Waals surface area contributed by atoms with Crippen LogP contribution in [0.25, 0.3) is 0 Å². The maximum Gasteiger partial charge on any atom is 0.261 e. The number of amides is 1. The van der Waals surface area contributed by atoms with Crippen molar-refractivity contribution in [2.75, 3.05) is 0 Å². The van der Waals surface area contributed by atoms with Crippen molar-refractivity contribution in [3.05, 3.63) is 28.3 Å². The van der Waals surface area contributed by atoms with Crippen molar-refractivity contribution < 1.29 is 13.2 Å². The molecule has 0 saturated heterocycles. The smallest absolute Gasteiger partial charge is 0.261 e. The molecule has 18 heavy (non-hydrogen) atoms. The van der Waals surface area contributed by atoms with Crippen molar-refractivity contribution >= 4 is 37.2 Å². The van der Waals surface area contributed by atoms with Crippen LogP contribution in [0.15, 0.2) is 17.0 Å². The highest BCUT2D eigenvalue weighted by Gasteiger charge is 2.19. The van der Waals surface area contributed by atoms with Gasteiger partial charge in [-0.2, -0.15) is 0 Å². The maximum absolute atomic E-state index is 11.9. The van der Waals surface area contributed by atoms with E-state index in [1.54, 1.807) is 20.8 Å². The first-order chi connectivity index (χ1) is 8.12. The summed E-state index contributed by atoms with van der Waals surface area (Å²) in [6.07, 6.45) is 0. The van der Waals surface area contributed by atoms with Crippen molar-refractivity contribution in [1.29, 1.82) is 0 Å². The Bertz CT molecular complexity index is 582. The van der Waals surface area contributed by atoms with E-state index in [1.807, 2.05) is 0 Å². The summed E-state index contributed by atoms with van der Waals surface area (Å²) in [6, 6.07) is 2.39. The second kappa shape index (κ2) is 5.47. The van der Waals surface area contributed by atoms with Crippen LogP contribution in [0.1, 0.15) is 29.8 Å². The van der Waals surface area contributed by atoms with Crippen LogP contribution in [0.2, 0.25) is 5.02 Å². The maximum atomic E-state index is 11.9. The van der Waals surface area contributed by atoms with Crippen LogP contribution in [0.5, 0.6) is 0 Å². The number of rotatable bonds is 3.